The third-order valence-electron chi connectivity index (χ3n) is 4.28. The summed E-state index contributed by atoms with van der Waals surface area (Å²) in [5.41, 5.74) is 1.43. The van der Waals surface area contributed by atoms with Gasteiger partial charge in [0.25, 0.3) is 0 Å². The van der Waals surface area contributed by atoms with Crippen LogP contribution in [-0.2, 0) is 0 Å². The Morgan fingerprint density at radius 2 is 1.90 bits per heavy atom. The topological polar surface area (TPSA) is 15.3 Å². The standard InChI is InChI=1S/C18H24N2S/c1-20(2)16(17-9-6-12-21-17)13-19-18(15-10-11-15)14-7-4-3-5-8-14/h3-9,12,15-16,18-19H,10-11,13H2,1-2H3. The quantitative estimate of drug-likeness (QED) is 0.828. The highest BCUT2D eigenvalue weighted by atomic mass is 32.1. The maximum Gasteiger partial charge on any atom is 0.0561 e. The van der Waals surface area contributed by atoms with Crippen LogP contribution in [0.4, 0.5) is 0 Å². The zero-order valence-corrected chi connectivity index (χ0v) is 13.6. The van der Waals surface area contributed by atoms with Gasteiger partial charge in [-0.25, -0.2) is 0 Å². The summed E-state index contributed by atoms with van der Waals surface area (Å²) in [6.07, 6.45) is 2.72. The van der Waals surface area contributed by atoms with E-state index in [0.29, 0.717) is 12.1 Å². The number of hydrogen-bond donors (Lipinski definition) is 1. The highest BCUT2D eigenvalue weighted by Crippen LogP contribution is 2.41. The first-order valence-corrected chi connectivity index (χ1v) is 8.62. The maximum absolute atomic E-state index is 3.83. The highest BCUT2D eigenvalue weighted by Gasteiger charge is 2.32. The molecular weight excluding hydrogens is 276 g/mol. The molecular formula is C18H24N2S. The molecule has 112 valence electrons. The second-order valence-electron chi connectivity index (χ2n) is 6.13. The molecule has 0 radical (unpaired) electrons. The van der Waals surface area contributed by atoms with Crippen molar-refractivity contribution < 1.29 is 0 Å². The van der Waals surface area contributed by atoms with Gasteiger partial charge in [-0.05, 0) is 49.9 Å². The second-order valence-corrected chi connectivity index (χ2v) is 7.11. The summed E-state index contributed by atoms with van der Waals surface area (Å²) >= 11 is 1.85. The Morgan fingerprint density at radius 1 is 1.14 bits per heavy atom. The van der Waals surface area contributed by atoms with Crippen molar-refractivity contribution in [1.82, 2.24) is 10.2 Å². The number of benzene rings is 1. The minimum absolute atomic E-state index is 0.454. The van der Waals surface area contributed by atoms with Crippen molar-refractivity contribution in [1.29, 1.82) is 0 Å². The van der Waals surface area contributed by atoms with Gasteiger partial charge in [0.2, 0.25) is 0 Å². The molecule has 1 aliphatic rings. The lowest BCUT2D eigenvalue weighted by Crippen LogP contribution is -2.33. The minimum atomic E-state index is 0.454. The van der Waals surface area contributed by atoms with Crippen molar-refractivity contribution in [2.75, 3.05) is 20.6 Å². The van der Waals surface area contributed by atoms with E-state index in [4.69, 9.17) is 0 Å². The van der Waals surface area contributed by atoms with Gasteiger partial charge in [-0.15, -0.1) is 11.3 Å². The Kier molecular flexibility index (Phi) is 4.73. The Bertz CT molecular complexity index is 532. The van der Waals surface area contributed by atoms with Crippen LogP contribution >= 0.6 is 11.3 Å². The molecule has 0 aliphatic heterocycles. The average molecular weight is 300 g/mol. The SMILES string of the molecule is CN(C)C(CNC(c1ccccc1)C1CC1)c1cccs1. The van der Waals surface area contributed by atoms with Gasteiger partial charge >= 0.3 is 0 Å². The smallest absolute Gasteiger partial charge is 0.0561 e. The first kappa shape index (κ1) is 14.8. The summed E-state index contributed by atoms with van der Waals surface area (Å²) in [6.45, 7) is 1.00. The first-order valence-electron chi connectivity index (χ1n) is 7.74. The number of rotatable bonds is 7. The zero-order chi connectivity index (χ0) is 14.7. The molecule has 0 amide bonds. The summed E-state index contributed by atoms with van der Waals surface area (Å²) in [4.78, 5) is 3.75. The predicted molar refractivity (Wildman–Crippen MR) is 90.7 cm³/mol. The molecule has 0 spiro atoms. The van der Waals surface area contributed by atoms with Crippen LogP contribution < -0.4 is 5.32 Å². The van der Waals surface area contributed by atoms with Crippen molar-refractivity contribution in [2.45, 2.75) is 24.9 Å². The van der Waals surface area contributed by atoms with Crippen molar-refractivity contribution in [3.8, 4) is 0 Å². The minimum Gasteiger partial charge on any atom is -0.308 e. The van der Waals surface area contributed by atoms with Crippen LogP contribution in [0.25, 0.3) is 0 Å². The van der Waals surface area contributed by atoms with Gasteiger partial charge in [0.15, 0.2) is 0 Å². The lowest BCUT2D eigenvalue weighted by atomic mass is 10.0. The predicted octanol–water partition coefficient (Wildman–Crippen LogP) is 4.09. The van der Waals surface area contributed by atoms with E-state index < -0.39 is 0 Å². The van der Waals surface area contributed by atoms with Crippen LogP contribution in [0.2, 0.25) is 0 Å². The Morgan fingerprint density at radius 3 is 2.48 bits per heavy atom. The second kappa shape index (κ2) is 6.73. The van der Waals surface area contributed by atoms with Crippen LogP contribution in [0, 0.1) is 5.92 Å². The van der Waals surface area contributed by atoms with Crippen LogP contribution in [0.5, 0.6) is 0 Å². The van der Waals surface area contributed by atoms with Crippen LogP contribution in [0.3, 0.4) is 0 Å². The van der Waals surface area contributed by atoms with Crippen molar-refractivity contribution >= 4 is 11.3 Å². The Hall–Kier alpha value is -1.16. The van der Waals surface area contributed by atoms with Crippen molar-refractivity contribution in [3.05, 3.63) is 58.3 Å². The monoisotopic (exact) mass is 300 g/mol. The van der Waals surface area contributed by atoms with E-state index in [0.717, 1.165) is 12.5 Å². The molecule has 1 aromatic heterocycles. The molecule has 1 heterocycles. The third-order valence-corrected chi connectivity index (χ3v) is 5.25. The van der Waals surface area contributed by atoms with E-state index >= 15 is 0 Å². The number of nitrogens with one attached hydrogen (secondary N) is 1. The molecule has 1 aromatic carbocycles. The average Bonchev–Trinajstić information content (AvgIpc) is 3.19. The zero-order valence-electron chi connectivity index (χ0n) is 12.8. The normalized spacial score (nSPS) is 17.9. The van der Waals surface area contributed by atoms with Gasteiger partial charge in [-0.3, -0.25) is 0 Å². The lowest BCUT2D eigenvalue weighted by Gasteiger charge is -2.27. The maximum atomic E-state index is 3.83. The van der Waals surface area contributed by atoms with Crippen LogP contribution in [-0.4, -0.2) is 25.5 Å². The fourth-order valence-corrected chi connectivity index (χ4v) is 3.83. The molecule has 1 N–H and O–H groups in total. The van der Waals surface area contributed by atoms with Gasteiger partial charge in [0, 0.05) is 17.5 Å². The molecule has 21 heavy (non-hydrogen) atoms. The fourth-order valence-electron chi connectivity index (χ4n) is 2.90. The molecule has 1 aliphatic carbocycles. The molecule has 2 atom stereocenters. The molecule has 3 rings (SSSR count). The van der Waals surface area contributed by atoms with E-state index in [1.54, 1.807) is 0 Å². The van der Waals surface area contributed by atoms with Crippen molar-refractivity contribution in [2.24, 2.45) is 5.92 Å². The molecule has 2 aromatic rings. The van der Waals surface area contributed by atoms with Gasteiger partial charge in [-0.1, -0.05) is 36.4 Å². The third kappa shape index (κ3) is 3.73. The number of nitrogens with zero attached hydrogens (tertiary/aromatic N) is 1. The van der Waals surface area contributed by atoms with E-state index in [1.807, 2.05) is 11.3 Å². The largest absolute Gasteiger partial charge is 0.308 e. The molecule has 0 saturated heterocycles. The summed E-state index contributed by atoms with van der Waals surface area (Å²) < 4.78 is 0. The number of thiophene rings is 1. The molecule has 2 unspecified atom stereocenters. The highest BCUT2D eigenvalue weighted by molar-refractivity contribution is 7.10. The number of hydrogen-bond acceptors (Lipinski definition) is 3. The van der Waals surface area contributed by atoms with Gasteiger partial charge in [0.1, 0.15) is 0 Å². The van der Waals surface area contributed by atoms with Crippen LogP contribution in [0.15, 0.2) is 47.8 Å². The molecule has 1 saturated carbocycles. The molecule has 3 heteroatoms. The Balaban J connectivity index is 1.69. The molecule has 0 bridgehead atoms. The van der Waals surface area contributed by atoms with Gasteiger partial charge in [-0.2, -0.15) is 0 Å². The van der Waals surface area contributed by atoms with E-state index in [-0.39, 0.29) is 0 Å². The summed E-state index contributed by atoms with van der Waals surface area (Å²) in [7, 11) is 4.33. The summed E-state index contributed by atoms with van der Waals surface area (Å²) in [5, 5.41) is 6.00. The number of likely N-dealkylation sites (N-methyl/N-ethyl adjacent to an activating group) is 1. The van der Waals surface area contributed by atoms with Crippen molar-refractivity contribution in [3.63, 3.8) is 0 Å². The van der Waals surface area contributed by atoms with Gasteiger partial charge < -0.3 is 10.2 Å². The molecule has 2 nitrogen and oxygen atoms in total. The molecule has 1 fully saturated rings. The first-order chi connectivity index (χ1) is 10.3. The van der Waals surface area contributed by atoms with Crippen LogP contribution in [0.1, 0.15) is 35.4 Å². The summed E-state index contributed by atoms with van der Waals surface area (Å²) in [6, 6.07) is 16.3. The van der Waals surface area contributed by atoms with E-state index in [9.17, 15) is 0 Å². The fraction of sp³-hybridized carbons (Fsp3) is 0.444. The van der Waals surface area contributed by atoms with Gasteiger partial charge in [0.05, 0.1) is 6.04 Å². The Labute approximate surface area is 131 Å². The summed E-state index contributed by atoms with van der Waals surface area (Å²) in [5.74, 6) is 0.818. The lowest BCUT2D eigenvalue weighted by molar-refractivity contribution is 0.279. The van der Waals surface area contributed by atoms with E-state index in [2.05, 4.69) is 72.2 Å². The van der Waals surface area contributed by atoms with E-state index in [1.165, 1.54) is 23.3 Å².